The molecule has 1 heterocycles. The number of nitrogens with zero attached hydrogens (tertiary/aromatic N) is 2. The van der Waals surface area contributed by atoms with Crippen molar-refractivity contribution in [2.75, 3.05) is 26.2 Å². The van der Waals surface area contributed by atoms with E-state index >= 15 is 0 Å². The van der Waals surface area contributed by atoms with E-state index in [2.05, 4.69) is 10.6 Å². The van der Waals surface area contributed by atoms with Crippen molar-refractivity contribution in [2.45, 2.75) is 85.4 Å². The zero-order valence-corrected chi connectivity index (χ0v) is 31.2. The highest BCUT2D eigenvalue weighted by Crippen LogP contribution is 2.41. The normalized spacial score (nSPS) is 12.2. The fourth-order valence-electron chi connectivity index (χ4n) is 5.73. The molecule has 12 nitrogen and oxygen atoms in total. The van der Waals surface area contributed by atoms with Crippen molar-refractivity contribution >= 4 is 29.5 Å². The lowest BCUT2D eigenvalue weighted by molar-refractivity contribution is -0.140. The zero-order chi connectivity index (χ0) is 39.7. The monoisotopic (exact) mass is 741 g/mol. The molecule has 53 heavy (non-hydrogen) atoms. The Kier molecular flexibility index (Phi) is 18.0. The molecule has 3 aromatic rings. The van der Waals surface area contributed by atoms with Crippen molar-refractivity contribution in [3.05, 3.63) is 83.7 Å². The summed E-state index contributed by atoms with van der Waals surface area (Å²) in [6.45, 7) is 9.13. The van der Waals surface area contributed by atoms with Crippen molar-refractivity contribution in [1.29, 1.82) is 0 Å². The summed E-state index contributed by atoms with van der Waals surface area (Å²) in [5.74, 6) is -4.29. The van der Waals surface area contributed by atoms with E-state index in [1.165, 1.54) is 4.90 Å². The maximum Gasteiger partial charge on any atom is 0.303 e. The number of carboxylic acid groups (broad SMARTS) is 1. The Hall–Kier alpha value is -4.95. The number of Topliss-reactive ketones (excluding diaryl/α,β-unsaturated/α-hetero) is 1. The summed E-state index contributed by atoms with van der Waals surface area (Å²) < 4.78 is 31.1. The van der Waals surface area contributed by atoms with Gasteiger partial charge in [0.25, 0.3) is 0 Å². The van der Waals surface area contributed by atoms with Gasteiger partial charge in [-0.2, -0.15) is 0 Å². The Balaban J connectivity index is 0.00000477. The molecule has 0 saturated heterocycles. The van der Waals surface area contributed by atoms with Gasteiger partial charge in [0.2, 0.25) is 17.7 Å². The van der Waals surface area contributed by atoms with Gasteiger partial charge in [-0.05, 0) is 48.1 Å². The first-order valence-corrected chi connectivity index (χ1v) is 17.7. The first-order chi connectivity index (χ1) is 25.1. The number of amides is 3. The minimum Gasteiger partial charge on any atom is -0.481 e. The van der Waals surface area contributed by atoms with Crippen molar-refractivity contribution in [3.63, 3.8) is 0 Å². The van der Waals surface area contributed by atoms with Crippen LogP contribution < -0.4 is 16.4 Å². The second kappa shape index (κ2) is 21.5. The van der Waals surface area contributed by atoms with Gasteiger partial charge in [-0.15, -0.1) is 0 Å². The zero-order valence-electron chi connectivity index (χ0n) is 31.2. The number of ketones is 1. The SMILES string of the molecule is CC.CC(C)(C)[C@H](c1cc(-c2cc(F)ccc2F)cn1Cc1ccccc1)N(CC[C@H](N)C(=O)NCCCC(=O)CNC(=O)CCC(=O)O)C(=O)CO. The van der Waals surface area contributed by atoms with E-state index in [0.717, 1.165) is 23.8 Å². The lowest BCUT2D eigenvalue weighted by atomic mass is 9.82. The van der Waals surface area contributed by atoms with Crippen LogP contribution in [0.4, 0.5) is 8.78 Å². The number of nitrogens with two attached hydrogens (primary N) is 1. The first-order valence-electron chi connectivity index (χ1n) is 17.7. The predicted octanol–water partition coefficient (Wildman–Crippen LogP) is 4.58. The first kappa shape index (κ1) is 44.2. The number of aromatic nitrogens is 1. The molecule has 2 aromatic carbocycles. The maximum absolute atomic E-state index is 15.0. The van der Waals surface area contributed by atoms with Crippen LogP contribution >= 0.6 is 0 Å². The number of aliphatic hydroxyl groups excluding tert-OH is 1. The number of aliphatic hydroxyl groups is 1. The summed E-state index contributed by atoms with van der Waals surface area (Å²) in [5.41, 5.74) is 7.55. The van der Waals surface area contributed by atoms with E-state index in [1.807, 2.05) is 69.5 Å². The summed E-state index contributed by atoms with van der Waals surface area (Å²) in [7, 11) is 0. The summed E-state index contributed by atoms with van der Waals surface area (Å²) in [6.07, 6.45) is 1.50. The Labute approximate surface area is 309 Å². The molecule has 0 aliphatic heterocycles. The van der Waals surface area contributed by atoms with Crippen LogP contribution in [0.1, 0.15) is 84.0 Å². The molecule has 3 amide bonds. The van der Waals surface area contributed by atoms with Crippen LogP contribution in [0.3, 0.4) is 0 Å². The summed E-state index contributed by atoms with van der Waals surface area (Å²) in [4.78, 5) is 61.9. The van der Waals surface area contributed by atoms with Crippen LogP contribution in [0, 0.1) is 17.0 Å². The highest BCUT2D eigenvalue weighted by atomic mass is 19.1. The van der Waals surface area contributed by atoms with Gasteiger partial charge in [-0.25, -0.2) is 8.78 Å². The van der Waals surface area contributed by atoms with Gasteiger partial charge in [0.15, 0.2) is 5.78 Å². The number of halogens is 2. The molecule has 14 heteroatoms. The standard InChI is InChI=1S/C37H47F2N5O7.C2H6/c1-37(2,3)35(31-18-25(28-19-26(38)11-12-29(28)39)22-43(31)21-24-8-5-4-6-9-24)44(33(48)23-45)17-15-30(40)36(51)41-16-7-10-27(46)20-42-32(47)13-14-34(49)50;1-2/h4-6,8-9,11-12,18-19,22,30,35,45H,7,10,13-17,20-21,23,40H2,1-3H3,(H,41,51)(H,42,47)(H,49,50);1-2H3/t30-,35-;/m0./s1. The van der Waals surface area contributed by atoms with Gasteiger partial charge >= 0.3 is 5.97 Å². The van der Waals surface area contributed by atoms with E-state index in [0.29, 0.717) is 17.8 Å². The van der Waals surface area contributed by atoms with Crippen LogP contribution in [0.25, 0.3) is 11.1 Å². The van der Waals surface area contributed by atoms with Crippen LogP contribution in [0.2, 0.25) is 0 Å². The molecule has 0 fully saturated rings. The third-order valence-corrected chi connectivity index (χ3v) is 8.23. The smallest absolute Gasteiger partial charge is 0.303 e. The average Bonchev–Trinajstić information content (AvgIpc) is 3.53. The van der Waals surface area contributed by atoms with Crippen LogP contribution in [-0.2, 0) is 30.5 Å². The van der Waals surface area contributed by atoms with Crippen molar-refractivity contribution in [2.24, 2.45) is 11.1 Å². The predicted molar refractivity (Wildman–Crippen MR) is 197 cm³/mol. The second-order valence-corrected chi connectivity index (χ2v) is 13.4. The third kappa shape index (κ3) is 14.2. The summed E-state index contributed by atoms with van der Waals surface area (Å²) in [6, 6.07) is 12.7. The number of hydrogen-bond donors (Lipinski definition) is 5. The lowest BCUT2D eigenvalue weighted by Crippen LogP contribution is -2.47. The Bertz CT molecular complexity index is 1670. The van der Waals surface area contributed by atoms with Gasteiger partial charge < -0.3 is 36.0 Å². The topological polar surface area (TPSA) is 184 Å². The molecule has 290 valence electrons. The van der Waals surface area contributed by atoms with Crippen molar-refractivity contribution in [3.8, 4) is 11.1 Å². The molecular weight excluding hydrogens is 688 g/mol. The summed E-state index contributed by atoms with van der Waals surface area (Å²) in [5, 5.41) is 23.7. The molecule has 0 aliphatic rings. The number of carbonyl (C=O) groups is 5. The van der Waals surface area contributed by atoms with Gasteiger partial charge in [0, 0.05) is 55.5 Å². The molecular formula is C39H53F2N5O7. The number of hydrogen-bond acceptors (Lipinski definition) is 7. The van der Waals surface area contributed by atoms with Crippen LogP contribution in [0.5, 0.6) is 0 Å². The number of carbonyl (C=O) groups excluding carboxylic acids is 4. The average molecular weight is 742 g/mol. The minimum absolute atomic E-state index is 0.0177. The number of rotatable bonds is 19. The third-order valence-electron chi connectivity index (χ3n) is 8.23. The molecule has 6 N–H and O–H groups in total. The van der Waals surface area contributed by atoms with E-state index in [4.69, 9.17) is 10.8 Å². The number of aliphatic carboxylic acids is 1. The molecule has 0 spiro atoms. The van der Waals surface area contributed by atoms with Crippen LogP contribution in [0.15, 0.2) is 60.8 Å². The molecule has 1 aromatic heterocycles. The minimum atomic E-state index is -1.12. The number of nitrogens with one attached hydrogen (secondary N) is 2. The Morgan fingerprint density at radius 2 is 1.62 bits per heavy atom. The molecule has 0 radical (unpaired) electrons. The second-order valence-electron chi connectivity index (χ2n) is 13.4. The van der Waals surface area contributed by atoms with Crippen molar-refractivity contribution < 1.29 is 43.0 Å². The Morgan fingerprint density at radius 3 is 2.25 bits per heavy atom. The molecule has 0 saturated carbocycles. The number of benzene rings is 2. The van der Waals surface area contributed by atoms with Crippen LogP contribution in [-0.4, -0.2) is 81.4 Å². The molecule has 3 rings (SSSR count). The molecule has 2 atom stereocenters. The van der Waals surface area contributed by atoms with E-state index in [-0.39, 0.29) is 63.1 Å². The Morgan fingerprint density at radius 1 is 0.943 bits per heavy atom. The lowest BCUT2D eigenvalue weighted by Gasteiger charge is -2.41. The van der Waals surface area contributed by atoms with Gasteiger partial charge in [0.05, 0.1) is 25.0 Å². The van der Waals surface area contributed by atoms with E-state index in [1.54, 1.807) is 12.3 Å². The van der Waals surface area contributed by atoms with E-state index < -0.39 is 59.4 Å². The maximum atomic E-state index is 15.0. The molecule has 0 bridgehead atoms. The highest BCUT2D eigenvalue weighted by molar-refractivity contribution is 5.87. The van der Waals surface area contributed by atoms with Gasteiger partial charge in [-0.3, -0.25) is 24.0 Å². The van der Waals surface area contributed by atoms with Crippen molar-refractivity contribution in [1.82, 2.24) is 20.1 Å². The van der Waals surface area contributed by atoms with Gasteiger partial charge in [-0.1, -0.05) is 65.0 Å². The molecule has 0 unspecified atom stereocenters. The van der Waals surface area contributed by atoms with E-state index in [9.17, 15) is 37.9 Å². The number of carboxylic acids is 1. The summed E-state index contributed by atoms with van der Waals surface area (Å²) >= 11 is 0. The largest absolute Gasteiger partial charge is 0.481 e. The fraction of sp³-hybridized carbons (Fsp3) is 0.462. The quantitative estimate of drug-likeness (QED) is 0.111. The molecule has 0 aliphatic carbocycles. The fourth-order valence-corrected chi connectivity index (χ4v) is 5.73. The van der Waals surface area contributed by atoms with Gasteiger partial charge in [0.1, 0.15) is 18.2 Å². The highest BCUT2D eigenvalue weighted by Gasteiger charge is 2.37.